The molecule has 3 nitrogen and oxygen atoms in total. The molecule has 0 unspecified atom stereocenters. The first kappa shape index (κ1) is 10.8. The largest absolute Gasteiger partial charge is 0.481 e. The van der Waals surface area contributed by atoms with E-state index < -0.39 is 0 Å². The molecule has 0 aliphatic carbocycles. The number of hydrogen-bond acceptors (Lipinski definition) is 3. The van der Waals surface area contributed by atoms with Crippen molar-refractivity contribution in [3.63, 3.8) is 0 Å². The number of ether oxygens (including phenoxy) is 1. The Morgan fingerprint density at radius 1 is 1.43 bits per heavy atom. The van der Waals surface area contributed by atoms with Gasteiger partial charge in [0, 0.05) is 24.5 Å². The van der Waals surface area contributed by atoms with Crippen molar-refractivity contribution in [1.82, 2.24) is 4.98 Å². The molecule has 1 rings (SSSR count). The first-order chi connectivity index (χ1) is 6.51. The Bertz CT molecular complexity index is 292. The molecule has 0 aliphatic rings. The minimum Gasteiger partial charge on any atom is -0.481 e. The van der Waals surface area contributed by atoms with E-state index >= 15 is 0 Å². The smallest absolute Gasteiger partial charge is 0.214 e. The number of nitrogens with one attached hydrogen (secondary N) is 1. The molecule has 0 saturated heterocycles. The van der Waals surface area contributed by atoms with Crippen molar-refractivity contribution in [2.45, 2.75) is 20.8 Å². The normalized spacial score (nSPS) is 11.1. The van der Waals surface area contributed by atoms with Crippen LogP contribution in [0, 0.1) is 5.41 Å². The molecule has 78 valence electrons. The highest BCUT2D eigenvalue weighted by Gasteiger charge is 2.09. The van der Waals surface area contributed by atoms with Crippen molar-refractivity contribution in [2.75, 3.05) is 19.0 Å². The molecular weight excluding hydrogens is 176 g/mol. The van der Waals surface area contributed by atoms with E-state index in [9.17, 15) is 0 Å². The first-order valence-corrected chi connectivity index (χ1v) is 4.75. The van der Waals surface area contributed by atoms with Crippen molar-refractivity contribution in [3.05, 3.63) is 18.3 Å². The lowest BCUT2D eigenvalue weighted by Gasteiger charge is -2.19. The number of hydrogen-bond donors (Lipinski definition) is 1. The van der Waals surface area contributed by atoms with Gasteiger partial charge < -0.3 is 10.1 Å². The minimum absolute atomic E-state index is 0.274. The average molecular weight is 194 g/mol. The van der Waals surface area contributed by atoms with Crippen LogP contribution in [0.5, 0.6) is 5.88 Å². The number of anilines is 1. The van der Waals surface area contributed by atoms with Gasteiger partial charge in [-0.15, -0.1) is 0 Å². The number of pyridine rings is 1. The molecular formula is C11H18N2O. The maximum Gasteiger partial charge on any atom is 0.214 e. The van der Waals surface area contributed by atoms with E-state index in [0.717, 1.165) is 12.2 Å². The molecule has 1 aromatic heterocycles. The maximum absolute atomic E-state index is 5.04. The van der Waals surface area contributed by atoms with E-state index in [0.29, 0.717) is 5.88 Å². The maximum atomic E-state index is 5.04. The third-order valence-corrected chi connectivity index (χ3v) is 1.77. The van der Waals surface area contributed by atoms with Crippen molar-refractivity contribution < 1.29 is 4.74 Å². The number of methoxy groups -OCH3 is 1. The third kappa shape index (κ3) is 3.64. The Kier molecular flexibility index (Phi) is 3.33. The second-order valence-corrected chi connectivity index (χ2v) is 4.50. The molecule has 0 aromatic carbocycles. The fraction of sp³-hybridized carbons (Fsp3) is 0.545. The lowest BCUT2D eigenvalue weighted by Crippen LogP contribution is -2.18. The third-order valence-electron chi connectivity index (χ3n) is 1.77. The van der Waals surface area contributed by atoms with E-state index in [-0.39, 0.29) is 5.41 Å². The molecule has 1 aromatic rings. The second kappa shape index (κ2) is 4.31. The van der Waals surface area contributed by atoms with Gasteiger partial charge in [-0.2, -0.15) is 0 Å². The summed E-state index contributed by atoms with van der Waals surface area (Å²) in [5, 5.41) is 3.34. The lowest BCUT2D eigenvalue weighted by atomic mass is 9.97. The Morgan fingerprint density at radius 3 is 2.71 bits per heavy atom. The zero-order valence-corrected chi connectivity index (χ0v) is 9.29. The molecule has 14 heavy (non-hydrogen) atoms. The zero-order chi connectivity index (χ0) is 10.6. The van der Waals surface area contributed by atoms with Gasteiger partial charge in [-0.3, -0.25) is 0 Å². The predicted octanol–water partition coefficient (Wildman–Crippen LogP) is 2.55. The van der Waals surface area contributed by atoms with E-state index in [1.54, 1.807) is 13.3 Å². The average Bonchev–Trinajstić information content (AvgIpc) is 2.14. The van der Waals surface area contributed by atoms with Gasteiger partial charge in [0.1, 0.15) is 0 Å². The topological polar surface area (TPSA) is 34.1 Å². The Morgan fingerprint density at radius 2 is 2.14 bits per heavy atom. The monoisotopic (exact) mass is 194 g/mol. The predicted molar refractivity (Wildman–Crippen MR) is 58.7 cm³/mol. The summed E-state index contributed by atoms with van der Waals surface area (Å²) < 4.78 is 5.04. The van der Waals surface area contributed by atoms with Crippen molar-refractivity contribution >= 4 is 5.69 Å². The molecule has 0 radical (unpaired) electrons. The van der Waals surface area contributed by atoms with Gasteiger partial charge in [-0.1, -0.05) is 20.8 Å². The summed E-state index contributed by atoms with van der Waals surface area (Å²) in [5.41, 5.74) is 1.32. The van der Waals surface area contributed by atoms with Crippen LogP contribution in [0.3, 0.4) is 0 Å². The van der Waals surface area contributed by atoms with Gasteiger partial charge in [-0.25, -0.2) is 4.98 Å². The summed E-state index contributed by atoms with van der Waals surface area (Å²) in [5.74, 6) is 0.643. The molecule has 0 spiro atoms. The standard InChI is InChI=1S/C11H18N2O/c1-11(2,3)8-13-9-5-6-12-10(7-9)14-4/h5-7H,8H2,1-4H3,(H,12,13). The van der Waals surface area contributed by atoms with Crippen LogP contribution in [-0.4, -0.2) is 18.6 Å². The van der Waals surface area contributed by atoms with Gasteiger partial charge >= 0.3 is 0 Å². The molecule has 0 amide bonds. The zero-order valence-electron chi connectivity index (χ0n) is 9.29. The highest BCUT2D eigenvalue weighted by Crippen LogP contribution is 2.17. The van der Waals surface area contributed by atoms with Gasteiger partial charge in [0.25, 0.3) is 0 Å². The fourth-order valence-corrected chi connectivity index (χ4v) is 0.998. The van der Waals surface area contributed by atoms with Gasteiger partial charge in [0.2, 0.25) is 5.88 Å². The fourth-order valence-electron chi connectivity index (χ4n) is 0.998. The SMILES string of the molecule is COc1cc(NCC(C)(C)C)ccn1. The molecule has 0 atom stereocenters. The summed E-state index contributed by atoms with van der Waals surface area (Å²) in [7, 11) is 1.62. The van der Waals surface area contributed by atoms with Crippen LogP contribution in [0.4, 0.5) is 5.69 Å². The van der Waals surface area contributed by atoms with Gasteiger partial charge in [-0.05, 0) is 11.5 Å². The Hall–Kier alpha value is -1.25. The second-order valence-electron chi connectivity index (χ2n) is 4.50. The van der Waals surface area contributed by atoms with Crippen LogP contribution in [-0.2, 0) is 0 Å². The summed E-state index contributed by atoms with van der Waals surface area (Å²) in [4.78, 5) is 4.04. The van der Waals surface area contributed by atoms with Crippen molar-refractivity contribution in [1.29, 1.82) is 0 Å². The number of nitrogens with zero attached hydrogens (tertiary/aromatic N) is 1. The lowest BCUT2D eigenvalue weighted by molar-refractivity contribution is 0.398. The van der Waals surface area contributed by atoms with Crippen LogP contribution in [0.25, 0.3) is 0 Å². The van der Waals surface area contributed by atoms with Crippen molar-refractivity contribution in [2.24, 2.45) is 5.41 Å². The molecule has 0 aliphatic heterocycles. The molecule has 1 heterocycles. The van der Waals surface area contributed by atoms with Gasteiger partial charge in [0.05, 0.1) is 7.11 Å². The van der Waals surface area contributed by atoms with Gasteiger partial charge in [0.15, 0.2) is 0 Å². The van der Waals surface area contributed by atoms with Crippen LogP contribution < -0.4 is 10.1 Å². The Balaban J connectivity index is 2.59. The van der Waals surface area contributed by atoms with E-state index in [4.69, 9.17) is 4.74 Å². The van der Waals surface area contributed by atoms with Crippen molar-refractivity contribution in [3.8, 4) is 5.88 Å². The number of aromatic nitrogens is 1. The summed E-state index contributed by atoms with van der Waals surface area (Å²) in [6.07, 6.45) is 1.74. The minimum atomic E-state index is 0.274. The van der Waals surface area contributed by atoms with Crippen LogP contribution in [0.2, 0.25) is 0 Å². The Labute approximate surface area is 85.5 Å². The highest BCUT2D eigenvalue weighted by atomic mass is 16.5. The quantitative estimate of drug-likeness (QED) is 0.803. The first-order valence-electron chi connectivity index (χ1n) is 4.75. The molecule has 0 bridgehead atoms. The summed E-state index contributed by atoms with van der Waals surface area (Å²) in [6, 6.07) is 3.83. The highest BCUT2D eigenvalue weighted by molar-refractivity contribution is 5.45. The van der Waals surface area contributed by atoms with E-state index in [1.165, 1.54) is 0 Å². The van der Waals surface area contributed by atoms with Crippen LogP contribution in [0.15, 0.2) is 18.3 Å². The molecule has 0 saturated carbocycles. The van der Waals surface area contributed by atoms with Crippen LogP contribution >= 0.6 is 0 Å². The molecule has 1 N–H and O–H groups in total. The number of rotatable bonds is 3. The van der Waals surface area contributed by atoms with E-state index in [1.807, 2.05) is 12.1 Å². The summed E-state index contributed by atoms with van der Waals surface area (Å²) in [6.45, 7) is 7.51. The van der Waals surface area contributed by atoms with E-state index in [2.05, 4.69) is 31.1 Å². The molecule has 3 heteroatoms. The summed E-state index contributed by atoms with van der Waals surface area (Å²) >= 11 is 0. The molecule has 0 fully saturated rings. The van der Waals surface area contributed by atoms with Crippen LogP contribution in [0.1, 0.15) is 20.8 Å².